The minimum Gasteiger partial charge on any atom is -0.325 e. The molecule has 0 radical (unpaired) electrons. The van der Waals surface area contributed by atoms with E-state index < -0.39 is 0 Å². The van der Waals surface area contributed by atoms with Crippen LogP contribution in [0.2, 0.25) is 0 Å². The van der Waals surface area contributed by atoms with E-state index in [1.54, 1.807) is 6.20 Å². The molecule has 0 aliphatic heterocycles. The van der Waals surface area contributed by atoms with Crippen LogP contribution in [0.3, 0.4) is 0 Å². The fourth-order valence-electron chi connectivity index (χ4n) is 2.74. The molecule has 0 aliphatic carbocycles. The Morgan fingerprint density at radius 1 is 1.08 bits per heavy atom. The van der Waals surface area contributed by atoms with Crippen molar-refractivity contribution in [3.8, 4) is 5.69 Å². The number of aryl methyl sites for hydroxylation is 3. The molecule has 0 spiro atoms. The Kier molecular flexibility index (Phi) is 5.24. The molecule has 2 aromatic carbocycles. The van der Waals surface area contributed by atoms with Gasteiger partial charge in [-0.3, -0.25) is 9.36 Å². The number of amides is 1. The van der Waals surface area contributed by atoms with Crippen LogP contribution in [0.25, 0.3) is 5.69 Å². The Hall–Kier alpha value is -2.53. The van der Waals surface area contributed by atoms with Crippen LogP contribution in [-0.2, 0) is 4.79 Å². The highest BCUT2D eigenvalue weighted by atomic mass is 32.2. The zero-order valence-corrected chi connectivity index (χ0v) is 15.4. The summed E-state index contributed by atoms with van der Waals surface area (Å²) in [6.45, 7) is 6.11. The Balaban J connectivity index is 1.66. The van der Waals surface area contributed by atoms with Crippen LogP contribution in [0, 0.1) is 20.8 Å². The summed E-state index contributed by atoms with van der Waals surface area (Å²) in [6.07, 6.45) is 3.67. The molecule has 0 saturated heterocycles. The van der Waals surface area contributed by atoms with Gasteiger partial charge >= 0.3 is 0 Å². The molecular formula is C20H21N3OS. The van der Waals surface area contributed by atoms with Crippen molar-refractivity contribution >= 4 is 23.4 Å². The number of carbonyl (C=O) groups excluding carboxylic acids is 1. The van der Waals surface area contributed by atoms with Crippen molar-refractivity contribution in [1.82, 2.24) is 9.55 Å². The molecule has 1 aromatic heterocycles. The van der Waals surface area contributed by atoms with E-state index in [1.807, 2.05) is 48.9 Å². The molecule has 3 aromatic rings. The van der Waals surface area contributed by atoms with Gasteiger partial charge in [0.15, 0.2) is 5.16 Å². The summed E-state index contributed by atoms with van der Waals surface area (Å²) in [5.41, 5.74) is 5.35. The molecule has 0 atom stereocenters. The number of hydrogen-bond donors (Lipinski definition) is 1. The van der Waals surface area contributed by atoms with Gasteiger partial charge in [0.25, 0.3) is 0 Å². The molecule has 4 nitrogen and oxygen atoms in total. The second kappa shape index (κ2) is 7.57. The van der Waals surface area contributed by atoms with Gasteiger partial charge in [0.1, 0.15) is 0 Å². The van der Waals surface area contributed by atoms with Gasteiger partial charge in [0, 0.05) is 23.8 Å². The molecule has 0 saturated carbocycles. The van der Waals surface area contributed by atoms with Crippen molar-refractivity contribution in [3.63, 3.8) is 0 Å². The lowest BCUT2D eigenvalue weighted by molar-refractivity contribution is -0.113. The molecule has 1 amide bonds. The van der Waals surface area contributed by atoms with Crippen molar-refractivity contribution < 1.29 is 4.79 Å². The molecule has 0 unspecified atom stereocenters. The van der Waals surface area contributed by atoms with E-state index in [0.29, 0.717) is 5.75 Å². The number of benzene rings is 2. The average molecular weight is 351 g/mol. The van der Waals surface area contributed by atoms with Crippen molar-refractivity contribution in [1.29, 1.82) is 0 Å². The first-order valence-electron chi connectivity index (χ1n) is 8.12. The predicted molar refractivity (Wildman–Crippen MR) is 104 cm³/mol. The van der Waals surface area contributed by atoms with E-state index >= 15 is 0 Å². The van der Waals surface area contributed by atoms with Crippen LogP contribution in [0.1, 0.15) is 16.7 Å². The third-order valence-corrected chi connectivity index (χ3v) is 4.69. The van der Waals surface area contributed by atoms with Crippen molar-refractivity contribution in [2.45, 2.75) is 25.9 Å². The van der Waals surface area contributed by atoms with Gasteiger partial charge < -0.3 is 5.32 Å². The first kappa shape index (κ1) is 17.3. The van der Waals surface area contributed by atoms with Gasteiger partial charge in [0.05, 0.1) is 5.75 Å². The van der Waals surface area contributed by atoms with Crippen LogP contribution < -0.4 is 5.32 Å². The second-order valence-electron chi connectivity index (χ2n) is 6.13. The fourth-order valence-corrected chi connectivity index (χ4v) is 3.52. The van der Waals surface area contributed by atoms with E-state index in [2.05, 4.69) is 35.4 Å². The van der Waals surface area contributed by atoms with Gasteiger partial charge in [-0.2, -0.15) is 0 Å². The van der Waals surface area contributed by atoms with Gasteiger partial charge in [-0.15, -0.1) is 0 Å². The van der Waals surface area contributed by atoms with E-state index in [1.165, 1.54) is 17.3 Å². The number of imidazole rings is 1. The van der Waals surface area contributed by atoms with Crippen LogP contribution in [0.15, 0.2) is 60.0 Å². The minimum atomic E-state index is -0.0335. The molecule has 0 aliphatic rings. The number of hydrogen-bond acceptors (Lipinski definition) is 3. The third-order valence-electron chi connectivity index (χ3n) is 3.72. The maximum Gasteiger partial charge on any atom is 0.234 e. The van der Waals surface area contributed by atoms with Gasteiger partial charge in [-0.05, 0) is 61.7 Å². The van der Waals surface area contributed by atoms with Crippen molar-refractivity contribution in [3.05, 3.63) is 71.5 Å². The lowest BCUT2D eigenvalue weighted by atomic mass is 10.1. The lowest BCUT2D eigenvalue weighted by Gasteiger charge is -2.09. The van der Waals surface area contributed by atoms with Crippen LogP contribution in [0.5, 0.6) is 0 Å². The summed E-state index contributed by atoms with van der Waals surface area (Å²) in [4.78, 5) is 16.6. The van der Waals surface area contributed by atoms with Gasteiger partial charge in [-0.25, -0.2) is 4.98 Å². The normalized spacial score (nSPS) is 10.7. The molecule has 0 bridgehead atoms. The number of nitrogens with zero attached hydrogens (tertiary/aromatic N) is 2. The smallest absolute Gasteiger partial charge is 0.234 e. The molecule has 25 heavy (non-hydrogen) atoms. The summed E-state index contributed by atoms with van der Waals surface area (Å²) in [7, 11) is 0. The highest BCUT2D eigenvalue weighted by molar-refractivity contribution is 7.99. The third kappa shape index (κ3) is 4.51. The van der Waals surface area contributed by atoms with E-state index in [0.717, 1.165) is 27.7 Å². The SMILES string of the molecule is Cc1cc(C)cc(NC(=O)CSc2nccn2-c2cccc(C)c2)c1. The summed E-state index contributed by atoms with van der Waals surface area (Å²) in [5.74, 6) is 0.282. The molecule has 0 fully saturated rings. The Labute approximate surface area is 152 Å². The highest BCUT2D eigenvalue weighted by Gasteiger charge is 2.10. The fraction of sp³-hybridized carbons (Fsp3) is 0.200. The van der Waals surface area contributed by atoms with E-state index in [9.17, 15) is 4.79 Å². The molecule has 5 heteroatoms. The van der Waals surface area contributed by atoms with Crippen LogP contribution in [0.4, 0.5) is 5.69 Å². The Morgan fingerprint density at radius 2 is 1.84 bits per heavy atom. The number of thioether (sulfide) groups is 1. The van der Waals surface area contributed by atoms with Crippen LogP contribution >= 0.6 is 11.8 Å². The monoisotopic (exact) mass is 351 g/mol. The molecular weight excluding hydrogens is 330 g/mol. The summed E-state index contributed by atoms with van der Waals surface area (Å²) >= 11 is 1.43. The maximum absolute atomic E-state index is 12.3. The first-order valence-corrected chi connectivity index (χ1v) is 9.11. The Morgan fingerprint density at radius 3 is 2.56 bits per heavy atom. The molecule has 1 N–H and O–H groups in total. The summed E-state index contributed by atoms with van der Waals surface area (Å²) in [5, 5.41) is 3.76. The number of aromatic nitrogens is 2. The quantitative estimate of drug-likeness (QED) is 0.687. The van der Waals surface area contributed by atoms with E-state index in [-0.39, 0.29) is 5.91 Å². The summed E-state index contributed by atoms with van der Waals surface area (Å²) in [6, 6.07) is 14.3. The minimum absolute atomic E-state index is 0.0335. The molecule has 128 valence electrons. The zero-order chi connectivity index (χ0) is 17.8. The molecule has 3 rings (SSSR count). The second-order valence-corrected chi connectivity index (χ2v) is 7.07. The van der Waals surface area contributed by atoms with Gasteiger partial charge in [-0.1, -0.05) is 30.0 Å². The van der Waals surface area contributed by atoms with Crippen LogP contribution in [-0.4, -0.2) is 21.2 Å². The summed E-state index contributed by atoms with van der Waals surface area (Å²) < 4.78 is 2.00. The standard InChI is InChI=1S/C20H21N3OS/c1-14-5-4-6-18(12-14)23-8-7-21-20(23)25-13-19(24)22-17-10-15(2)9-16(3)11-17/h4-12H,13H2,1-3H3,(H,22,24). The van der Waals surface area contributed by atoms with E-state index in [4.69, 9.17) is 0 Å². The predicted octanol–water partition coefficient (Wildman–Crippen LogP) is 4.53. The number of anilines is 1. The Bertz CT molecular complexity index is 881. The van der Waals surface area contributed by atoms with Crippen molar-refractivity contribution in [2.75, 3.05) is 11.1 Å². The van der Waals surface area contributed by atoms with Gasteiger partial charge in [0.2, 0.25) is 5.91 Å². The topological polar surface area (TPSA) is 46.9 Å². The number of carbonyl (C=O) groups is 1. The first-order chi connectivity index (χ1) is 12.0. The molecule has 1 heterocycles. The maximum atomic E-state index is 12.3. The number of nitrogens with one attached hydrogen (secondary N) is 1. The van der Waals surface area contributed by atoms with Crippen molar-refractivity contribution in [2.24, 2.45) is 0 Å². The highest BCUT2D eigenvalue weighted by Crippen LogP contribution is 2.21. The largest absolute Gasteiger partial charge is 0.325 e. The lowest BCUT2D eigenvalue weighted by Crippen LogP contribution is -2.14. The zero-order valence-electron chi connectivity index (χ0n) is 14.6. The number of rotatable bonds is 5. The average Bonchev–Trinajstić information content (AvgIpc) is 3.00.